The second-order valence-corrected chi connectivity index (χ2v) is 9.60. The topological polar surface area (TPSA) is 120 Å². The lowest BCUT2D eigenvalue weighted by atomic mass is 9.98. The molecular weight excluding hydrogens is 478 g/mol. The van der Waals surface area contributed by atoms with Crippen molar-refractivity contribution in [3.8, 4) is 33.6 Å². The zero-order valence-corrected chi connectivity index (χ0v) is 21.5. The number of carbonyl (C=O) groups excluding carboxylic acids is 2. The van der Waals surface area contributed by atoms with Gasteiger partial charge in [0.05, 0.1) is 11.4 Å². The highest BCUT2D eigenvalue weighted by atomic mass is 16.2. The Morgan fingerprint density at radius 2 is 1.71 bits per heavy atom. The molecule has 4 aromatic rings. The quantitative estimate of drug-likeness (QED) is 0.352. The maximum absolute atomic E-state index is 12.6. The minimum absolute atomic E-state index is 0.365. The molecule has 194 valence electrons. The van der Waals surface area contributed by atoms with Crippen LogP contribution in [0.15, 0.2) is 73.1 Å². The number of rotatable bonds is 7. The van der Waals surface area contributed by atoms with E-state index in [1.807, 2.05) is 36.7 Å². The number of nitrogens with zero attached hydrogens (tertiary/aromatic N) is 4. The summed E-state index contributed by atoms with van der Waals surface area (Å²) in [6.07, 6.45) is 3.63. The maximum atomic E-state index is 12.6. The van der Waals surface area contributed by atoms with Crippen LogP contribution in [-0.2, 0) is 4.79 Å². The van der Waals surface area contributed by atoms with Crippen molar-refractivity contribution in [2.75, 3.05) is 38.1 Å². The van der Waals surface area contributed by atoms with Crippen LogP contribution in [0.5, 0.6) is 0 Å². The minimum atomic E-state index is -0.758. The van der Waals surface area contributed by atoms with Gasteiger partial charge in [-0.15, -0.1) is 0 Å². The lowest BCUT2D eigenvalue weighted by Crippen LogP contribution is -2.44. The molecule has 2 aromatic heterocycles. The summed E-state index contributed by atoms with van der Waals surface area (Å²) in [6.45, 7) is 5.56. The van der Waals surface area contributed by atoms with Crippen molar-refractivity contribution in [3.63, 3.8) is 0 Å². The molecular formula is C29H31N7O2. The Bertz CT molecular complexity index is 1440. The van der Waals surface area contributed by atoms with E-state index in [-0.39, 0.29) is 5.91 Å². The predicted molar refractivity (Wildman–Crippen MR) is 149 cm³/mol. The van der Waals surface area contributed by atoms with Crippen LogP contribution in [0, 0.1) is 0 Å². The Labute approximate surface area is 221 Å². The molecule has 4 N–H and O–H groups in total. The number of primary amides is 1. The Morgan fingerprint density at radius 1 is 0.947 bits per heavy atom. The fourth-order valence-electron chi connectivity index (χ4n) is 4.58. The minimum Gasteiger partial charge on any atom is -0.368 e. The van der Waals surface area contributed by atoms with Crippen molar-refractivity contribution in [1.82, 2.24) is 25.4 Å². The summed E-state index contributed by atoms with van der Waals surface area (Å²) < 4.78 is 0. The first-order valence-electron chi connectivity index (χ1n) is 12.6. The van der Waals surface area contributed by atoms with Gasteiger partial charge in [-0.3, -0.25) is 19.7 Å². The van der Waals surface area contributed by atoms with Crippen LogP contribution in [0.25, 0.3) is 33.6 Å². The summed E-state index contributed by atoms with van der Waals surface area (Å²) in [4.78, 5) is 32.9. The molecule has 0 radical (unpaired) electrons. The van der Waals surface area contributed by atoms with E-state index in [1.54, 1.807) is 25.1 Å². The van der Waals surface area contributed by atoms with Crippen LogP contribution in [0.2, 0.25) is 0 Å². The van der Waals surface area contributed by atoms with E-state index in [4.69, 9.17) is 5.73 Å². The number of aromatic nitrogens is 3. The molecule has 0 aliphatic carbocycles. The van der Waals surface area contributed by atoms with E-state index < -0.39 is 11.9 Å². The standard InChI is InChI=1S/C29H31N7O2/c1-19(28(30)37)32-29(38)23-5-3-4-21(16-23)25-18-26(34-33-25)22-6-7-27(36-14-12-35(2)13-15-36)24(17-22)20-8-10-31-11-9-20/h3-11,16-19H,12-15H2,1-2H3,(H2,30,37)(H,32,38)(H,33,34). The molecule has 5 rings (SSSR count). The van der Waals surface area contributed by atoms with E-state index in [9.17, 15) is 9.59 Å². The van der Waals surface area contributed by atoms with Crippen molar-refractivity contribution < 1.29 is 9.59 Å². The van der Waals surface area contributed by atoms with Crippen LogP contribution in [0.1, 0.15) is 17.3 Å². The van der Waals surface area contributed by atoms with Crippen LogP contribution in [0.3, 0.4) is 0 Å². The highest BCUT2D eigenvalue weighted by molar-refractivity contribution is 5.98. The molecule has 1 fully saturated rings. The molecule has 9 heteroatoms. The van der Waals surface area contributed by atoms with Crippen molar-refractivity contribution in [3.05, 3.63) is 78.6 Å². The van der Waals surface area contributed by atoms with Gasteiger partial charge in [0, 0.05) is 66.5 Å². The summed E-state index contributed by atoms with van der Waals surface area (Å²) in [5.74, 6) is -0.952. The normalized spacial score (nSPS) is 14.7. The first kappa shape index (κ1) is 25.2. The highest BCUT2D eigenvalue weighted by Gasteiger charge is 2.19. The van der Waals surface area contributed by atoms with Gasteiger partial charge < -0.3 is 20.9 Å². The van der Waals surface area contributed by atoms with Crippen molar-refractivity contribution in [2.24, 2.45) is 5.73 Å². The number of nitrogens with one attached hydrogen (secondary N) is 2. The summed E-state index contributed by atoms with van der Waals surface area (Å²) in [5, 5.41) is 10.3. The largest absolute Gasteiger partial charge is 0.368 e. The number of aromatic amines is 1. The van der Waals surface area contributed by atoms with Crippen LogP contribution >= 0.6 is 0 Å². The average molecular weight is 510 g/mol. The third kappa shape index (κ3) is 5.42. The summed E-state index contributed by atoms with van der Waals surface area (Å²) in [7, 11) is 2.16. The number of piperazine rings is 1. The van der Waals surface area contributed by atoms with Gasteiger partial charge >= 0.3 is 0 Å². The summed E-state index contributed by atoms with van der Waals surface area (Å²) in [5.41, 5.74) is 12.5. The smallest absolute Gasteiger partial charge is 0.251 e. The third-order valence-corrected chi connectivity index (χ3v) is 6.92. The maximum Gasteiger partial charge on any atom is 0.251 e. The van der Waals surface area contributed by atoms with Crippen LogP contribution < -0.4 is 16.0 Å². The third-order valence-electron chi connectivity index (χ3n) is 6.92. The van der Waals surface area contributed by atoms with E-state index >= 15 is 0 Å². The Kier molecular flexibility index (Phi) is 7.19. The molecule has 38 heavy (non-hydrogen) atoms. The van der Waals surface area contributed by atoms with E-state index in [0.717, 1.165) is 54.1 Å². The van der Waals surface area contributed by atoms with Gasteiger partial charge in [-0.1, -0.05) is 18.2 Å². The lowest BCUT2D eigenvalue weighted by Gasteiger charge is -2.35. The fourth-order valence-corrected chi connectivity index (χ4v) is 4.58. The molecule has 1 aliphatic heterocycles. The number of benzene rings is 2. The first-order valence-corrected chi connectivity index (χ1v) is 12.6. The van der Waals surface area contributed by atoms with Gasteiger partial charge in [0.1, 0.15) is 6.04 Å². The molecule has 0 bridgehead atoms. The van der Waals surface area contributed by atoms with E-state index in [1.165, 1.54) is 5.69 Å². The fraction of sp³-hybridized carbons (Fsp3) is 0.241. The Balaban J connectivity index is 1.44. The molecule has 9 nitrogen and oxygen atoms in total. The average Bonchev–Trinajstić information content (AvgIpc) is 3.44. The molecule has 0 saturated carbocycles. The Hall–Kier alpha value is -4.50. The van der Waals surface area contributed by atoms with Crippen molar-refractivity contribution >= 4 is 17.5 Å². The number of anilines is 1. The molecule has 0 spiro atoms. The number of carbonyl (C=O) groups is 2. The van der Waals surface area contributed by atoms with Gasteiger partial charge in [0.15, 0.2) is 0 Å². The molecule has 2 amide bonds. The Morgan fingerprint density at radius 3 is 2.45 bits per heavy atom. The molecule has 3 heterocycles. The second-order valence-electron chi connectivity index (χ2n) is 9.60. The molecule has 1 unspecified atom stereocenters. The lowest BCUT2D eigenvalue weighted by molar-refractivity contribution is -0.119. The van der Waals surface area contributed by atoms with Gasteiger partial charge in [-0.05, 0) is 62.0 Å². The van der Waals surface area contributed by atoms with Gasteiger partial charge in [0.25, 0.3) is 5.91 Å². The molecule has 1 aliphatic rings. The van der Waals surface area contributed by atoms with Crippen molar-refractivity contribution in [1.29, 1.82) is 0 Å². The highest BCUT2D eigenvalue weighted by Crippen LogP contribution is 2.35. The number of pyridine rings is 1. The summed E-state index contributed by atoms with van der Waals surface area (Å²) in [6, 6.07) is 18.9. The van der Waals surface area contributed by atoms with E-state index in [2.05, 4.69) is 55.5 Å². The number of hydrogen-bond acceptors (Lipinski definition) is 6. The molecule has 1 saturated heterocycles. The van der Waals surface area contributed by atoms with Gasteiger partial charge in [0.2, 0.25) is 5.91 Å². The van der Waals surface area contributed by atoms with Crippen molar-refractivity contribution in [2.45, 2.75) is 13.0 Å². The number of likely N-dealkylation sites (N-methyl/N-ethyl adjacent to an activating group) is 1. The SMILES string of the molecule is CC(NC(=O)c1cccc(-c2cc(-c3ccc(N4CCN(C)CC4)c(-c4ccncc4)c3)[nH]n2)c1)C(N)=O. The number of amides is 2. The monoisotopic (exact) mass is 509 g/mol. The number of hydrogen-bond donors (Lipinski definition) is 3. The molecule has 2 aromatic carbocycles. The first-order chi connectivity index (χ1) is 18.4. The van der Waals surface area contributed by atoms with Crippen LogP contribution in [-0.4, -0.2) is 71.2 Å². The summed E-state index contributed by atoms with van der Waals surface area (Å²) >= 11 is 0. The molecule has 1 atom stereocenters. The zero-order valence-electron chi connectivity index (χ0n) is 21.5. The number of nitrogens with two attached hydrogens (primary N) is 1. The number of H-pyrrole nitrogens is 1. The predicted octanol–water partition coefficient (Wildman–Crippen LogP) is 3.16. The van der Waals surface area contributed by atoms with Gasteiger partial charge in [-0.25, -0.2) is 0 Å². The zero-order chi connectivity index (χ0) is 26.6. The van der Waals surface area contributed by atoms with Gasteiger partial charge in [-0.2, -0.15) is 5.10 Å². The van der Waals surface area contributed by atoms with Crippen LogP contribution in [0.4, 0.5) is 5.69 Å². The van der Waals surface area contributed by atoms with E-state index in [0.29, 0.717) is 11.3 Å². The second kappa shape index (κ2) is 10.9.